The van der Waals surface area contributed by atoms with Crippen molar-refractivity contribution in [1.82, 2.24) is 5.01 Å². The number of hydrazone groups is 1. The lowest BCUT2D eigenvalue weighted by Crippen LogP contribution is -2.22. The number of thiocarbonyl (C=S) groups is 1. The van der Waals surface area contributed by atoms with Gasteiger partial charge in [0.25, 0.3) is 5.91 Å². The quantitative estimate of drug-likeness (QED) is 0.486. The van der Waals surface area contributed by atoms with Crippen molar-refractivity contribution in [2.45, 2.75) is 6.61 Å². The van der Waals surface area contributed by atoms with Gasteiger partial charge < -0.3 is 9.47 Å². The molecule has 3 rings (SSSR count). The van der Waals surface area contributed by atoms with Crippen LogP contribution in [0.25, 0.3) is 0 Å². The average molecular weight is 451 g/mol. The largest absolute Gasteiger partial charge is 0.496 e. The minimum Gasteiger partial charge on any atom is -0.496 e. The number of carbonyl (C=O) groups is 1. The van der Waals surface area contributed by atoms with Crippen LogP contribution in [0.5, 0.6) is 11.5 Å². The summed E-state index contributed by atoms with van der Waals surface area (Å²) in [5, 5.41) is 5.44. The summed E-state index contributed by atoms with van der Waals surface area (Å²) in [6.45, 7) is 0.345. The molecule has 0 N–H and O–H groups in total. The van der Waals surface area contributed by atoms with Crippen LogP contribution in [-0.2, 0) is 11.4 Å². The third-order valence-electron chi connectivity index (χ3n) is 3.55. The van der Waals surface area contributed by atoms with Gasteiger partial charge in [-0.15, -0.1) is 0 Å². The van der Waals surface area contributed by atoms with Gasteiger partial charge in [-0.2, -0.15) is 10.1 Å². The van der Waals surface area contributed by atoms with Gasteiger partial charge in [-0.1, -0.05) is 46.0 Å². The van der Waals surface area contributed by atoms with Crippen LogP contribution in [0, 0.1) is 0 Å². The van der Waals surface area contributed by atoms with Crippen molar-refractivity contribution >= 4 is 56.4 Å². The van der Waals surface area contributed by atoms with Gasteiger partial charge in [0.15, 0.2) is 4.32 Å². The SMILES string of the molecule is COc1ccc(/C=N/N2C(=O)CSC2=S)cc1COc1cccc(Br)c1. The van der Waals surface area contributed by atoms with E-state index in [1.807, 2.05) is 42.5 Å². The molecule has 5 nitrogen and oxygen atoms in total. The van der Waals surface area contributed by atoms with E-state index in [-0.39, 0.29) is 5.91 Å². The van der Waals surface area contributed by atoms with E-state index < -0.39 is 0 Å². The topological polar surface area (TPSA) is 51.1 Å². The van der Waals surface area contributed by atoms with Gasteiger partial charge in [0.1, 0.15) is 18.1 Å². The molecule has 1 saturated heterocycles. The lowest BCUT2D eigenvalue weighted by molar-refractivity contribution is -0.123. The Morgan fingerprint density at radius 3 is 2.88 bits per heavy atom. The Morgan fingerprint density at radius 1 is 1.35 bits per heavy atom. The summed E-state index contributed by atoms with van der Waals surface area (Å²) < 4.78 is 12.7. The zero-order chi connectivity index (χ0) is 18.5. The van der Waals surface area contributed by atoms with E-state index in [0.717, 1.165) is 27.1 Å². The van der Waals surface area contributed by atoms with Gasteiger partial charge in [-0.25, -0.2) is 0 Å². The second kappa shape index (κ2) is 8.66. The molecular weight excluding hydrogens is 436 g/mol. The first kappa shape index (κ1) is 18.9. The normalized spacial score (nSPS) is 14.3. The summed E-state index contributed by atoms with van der Waals surface area (Å²) in [6.07, 6.45) is 1.61. The first-order valence-corrected chi connectivity index (χ1v) is 9.84. The van der Waals surface area contributed by atoms with Gasteiger partial charge >= 0.3 is 0 Å². The van der Waals surface area contributed by atoms with Crippen LogP contribution in [0.2, 0.25) is 0 Å². The maximum Gasteiger partial charge on any atom is 0.259 e. The van der Waals surface area contributed by atoms with Crippen LogP contribution in [0.3, 0.4) is 0 Å². The van der Waals surface area contributed by atoms with Crippen LogP contribution in [-0.4, -0.2) is 34.3 Å². The van der Waals surface area contributed by atoms with Crippen molar-refractivity contribution in [3.8, 4) is 11.5 Å². The fourth-order valence-corrected chi connectivity index (χ4v) is 3.64. The van der Waals surface area contributed by atoms with Gasteiger partial charge in [0.2, 0.25) is 0 Å². The van der Waals surface area contributed by atoms with Gasteiger partial charge in [-0.3, -0.25) is 4.79 Å². The predicted molar refractivity (Wildman–Crippen MR) is 111 cm³/mol. The minimum atomic E-state index is -0.108. The Bertz CT molecular complexity index is 857. The number of thioether (sulfide) groups is 1. The number of ether oxygens (including phenoxy) is 2. The zero-order valence-corrected chi connectivity index (χ0v) is 17.1. The molecule has 134 valence electrons. The van der Waals surface area contributed by atoms with E-state index >= 15 is 0 Å². The number of carbonyl (C=O) groups excluding carboxylic acids is 1. The van der Waals surface area contributed by atoms with Crippen LogP contribution in [0.15, 0.2) is 52.0 Å². The van der Waals surface area contributed by atoms with E-state index in [0.29, 0.717) is 16.7 Å². The van der Waals surface area contributed by atoms with E-state index in [1.165, 1.54) is 16.8 Å². The average Bonchev–Trinajstić information content (AvgIpc) is 2.96. The minimum absolute atomic E-state index is 0.108. The zero-order valence-electron chi connectivity index (χ0n) is 13.8. The molecule has 1 aliphatic rings. The highest BCUT2D eigenvalue weighted by Crippen LogP contribution is 2.24. The Balaban J connectivity index is 1.75. The number of nitrogens with zero attached hydrogens (tertiary/aromatic N) is 2. The fraction of sp³-hybridized carbons (Fsp3) is 0.167. The van der Waals surface area contributed by atoms with E-state index in [2.05, 4.69) is 21.0 Å². The Morgan fingerprint density at radius 2 is 2.19 bits per heavy atom. The number of rotatable bonds is 6. The molecule has 1 heterocycles. The van der Waals surface area contributed by atoms with Gasteiger partial charge in [0.05, 0.1) is 19.1 Å². The highest BCUT2D eigenvalue weighted by atomic mass is 79.9. The van der Waals surface area contributed by atoms with Gasteiger partial charge in [-0.05, 0) is 42.0 Å². The maximum absolute atomic E-state index is 11.7. The Labute approximate surface area is 169 Å². The molecule has 0 saturated carbocycles. The first-order valence-electron chi connectivity index (χ1n) is 7.66. The molecule has 1 aliphatic heterocycles. The number of benzene rings is 2. The smallest absolute Gasteiger partial charge is 0.259 e. The lowest BCUT2D eigenvalue weighted by Gasteiger charge is -2.12. The van der Waals surface area contributed by atoms with Gasteiger partial charge in [0, 0.05) is 10.0 Å². The molecule has 1 amide bonds. The molecule has 0 radical (unpaired) electrons. The highest BCUT2D eigenvalue weighted by molar-refractivity contribution is 9.10. The van der Waals surface area contributed by atoms with E-state index in [4.69, 9.17) is 21.7 Å². The van der Waals surface area contributed by atoms with E-state index in [9.17, 15) is 4.79 Å². The van der Waals surface area contributed by atoms with Crippen LogP contribution >= 0.6 is 39.9 Å². The fourth-order valence-electron chi connectivity index (χ4n) is 2.29. The third kappa shape index (κ3) is 4.63. The van der Waals surface area contributed by atoms with Crippen LogP contribution in [0.4, 0.5) is 0 Å². The van der Waals surface area contributed by atoms with Crippen molar-refractivity contribution in [2.24, 2.45) is 5.10 Å². The van der Waals surface area contributed by atoms with E-state index in [1.54, 1.807) is 13.3 Å². The number of hydrogen-bond donors (Lipinski definition) is 0. The molecule has 2 aromatic rings. The van der Waals surface area contributed by atoms with Crippen molar-refractivity contribution in [1.29, 1.82) is 0 Å². The molecule has 8 heteroatoms. The first-order chi connectivity index (χ1) is 12.6. The predicted octanol–water partition coefficient (Wildman–Crippen LogP) is 4.23. The highest BCUT2D eigenvalue weighted by Gasteiger charge is 2.25. The molecule has 0 aromatic heterocycles. The number of hydrogen-bond acceptors (Lipinski definition) is 6. The number of amides is 1. The summed E-state index contributed by atoms with van der Waals surface area (Å²) in [4.78, 5) is 11.7. The molecule has 0 aliphatic carbocycles. The molecule has 0 unspecified atom stereocenters. The summed E-state index contributed by atoms with van der Waals surface area (Å²) in [5.41, 5.74) is 1.70. The number of methoxy groups -OCH3 is 1. The van der Waals surface area contributed by atoms with Crippen molar-refractivity contribution < 1.29 is 14.3 Å². The molecule has 0 bridgehead atoms. The molecular formula is C18H15BrN2O3S2. The molecule has 0 spiro atoms. The summed E-state index contributed by atoms with van der Waals surface area (Å²) in [7, 11) is 1.62. The monoisotopic (exact) mass is 450 g/mol. The summed E-state index contributed by atoms with van der Waals surface area (Å²) in [5.74, 6) is 1.71. The second-order valence-electron chi connectivity index (χ2n) is 5.32. The molecule has 2 aromatic carbocycles. The molecule has 26 heavy (non-hydrogen) atoms. The third-order valence-corrected chi connectivity index (χ3v) is 5.38. The van der Waals surface area contributed by atoms with Crippen LogP contribution < -0.4 is 9.47 Å². The van der Waals surface area contributed by atoms with Crippen LogP contribution in [0.1, 0.15) is 11.1 Å². The second-order valence-corrected chi connectivity index (χ2v) is 7.85. The summed E-state index contributed by atoms with van der Waals surface area (Å²) >= 11 is 9.85. The Hall–Kier alpha value is -1.90. The lowest BCUT2D eigenvalue weighted by atomic mass is 10.1. The standard InChI is InChI=1S/C18H15BrN2O3S2/c1-23-16-6-5-12(9-20-21-17(22)11-26-18(21)25)7-13(16)10-24-15-4-2-3-14(19)8-15/h2-9H,10-11H2,1H3/b20-9+. The maximum atomic E-state index is 11.7. The van der Waals surface area contributed by atoms with Crippen molar-refractivity contribution in [3.05, 3.63) is 58.1 Å². The molecule has 0 atom stereocenters. The number of halogens is 1. The molecule has 1 fully saturated rings. The van der Waals surface area contributed by atoms with Crippen molar-refractivity contribution in [2.75, 3.05) is 12.9 Å². The Kier molecular flexibility index (Phi) is 6.29. The van der Waals surface area contributed by atoms with Crippen molar-refractivity contribution in [3.63, 3.8) is 0 Å². The summed E-state index contributed by atoms with van der Waals surface area (Å²) in [6, 6.07) is 13.3.